The molecule has 0 aliphatic heterocycles. The number of amides is 1. The van der Waals surface area contributed by atoms with Gasteiger partial charge in [0.25, 0.3) is 0 Å². The van der Waals surface area contributed by atoms with Crippen LogP contribution in [-0.4, -0.2) is 11.1 Å². The Balaban J connectivity index is 2.43. The van der Waals surface area contributed by atoms with Crippen LogP contribution < -0.4 is 10.9 Å². The largest absolute Gasteiger partial charge is 0.450 e. The normalized spacial score (nSPS) is 10.5. The van der Waals surface area contributed by atoms with E-state index in [0.717, 1.165) is 0 Å². The molecule has 5 nitrogen and oxygen atoms in total. The summed E-state index contributed by atoms with van der Waals surface area (Å²) in [6, 6.07) is 15.4. The van der Waals surface area contributed by atoms with Crippen LogP contribution in [0.4, 0.5) is 0 Å². The topological polar surface area (TPSA) is 79.5 Å². The molecule has 0 saturated heterocycles. The van der Waals surface area contributed by atoms with E-state index in [9.17, 15) is 9.59 Å². The Labute approximate surface area is 119 Å². The van der Waals surface area contributed by atoms with E-state index in [1.807, 2.05) is 0 Å². The molecule has 0 fully saturated rings. The summed E-state index contributed by atoms with van der Waals surface area (Å²) < 4.78 is 5.51. The smallest absolute Gasteiger partial charge is 0.311 e. The lowest BCUT2D eigenvalue weighted by atomic mass is 10.0. The van der Waals surface area contributed by atoms with E-state index in [1.165, 1.54) is 5.48 Å². The average Bonchev–Trinajstić information content (AvgIpc) is 2.55. The summed E-state index contributed by atoms with van der Waals surface area (Å²) >= 11 is 0. The third-order valence-corrected chi connectivity index (χ3v) is 3.17. The third kappa shape index (κ3) is 2.19. The molecule has 104 valence electrons. The molecule has 0 aliphatic rings. The van der Waals surface area contributed by atoms with Gasteiger partial charge in [0.15, 0.2) is 0 Å². The molecule has 5 heteroatoms. The Hall–Kier alpha value is -2.92. The van der Waals surface area contributed by atoms with Crippen molar-refractivity contribution in [3.63, 3.8) is 0 Å². The van der Waals surface area contributed by atoms with Crippen LogP contribution in [0.3, 0.4) is 0 Å². The number of benzene rings is 2. The van der Waals surface area contributed by atoms with Crippen LogP contribution in [0.15, 0.2) is 63.8 Å². The minimum absolute atomic E-state index is 0.126. The first-order chi connectivity index (χ1) is 10.2. The summed E-state index contributed by atoms with van der Waals surface area (Å²) in [7, 11) is 0. The van der Waals surface area contributed by atoms with Crippen molar-refractivity contribution in [3.05, 3.63) is 70.6 Å². The van der Waals surface area contributed by atoms with Crippen LogP contribution in [-0.2, 0) is 0 Å². The maximum absolute atomic E-state index is 12.6. The van der Waals surface area contributed by atoms with Crippen molar-refractivity contribution in [3.8, 4) is 11.1 Å². The molecule has 1 aromatic heterocycles. The van der Waals surface area contributed by atoms with Crippen LogP contribution in [0, 0.1) is 0 Å². The van der Waals surface area contributed by atoms with Crippen LogP contribution in [0.2, 0.25) is 0 Å². The molecule has 0 saturated carbocycles. The SMILES string of the molecule is O=C(NO)c1oc2ccccc2c(=O)c1-c1ccccc1. The van der Waals surface area contributed by atoms with Crippen molar-refractivity contribution in [2.45, 2.75) is 0 Å². The molecule has 2 aromatic carbocycles. The fourth-order valence-electron chi connectivity index (χ4n) is 2.22. The number of carbonyl (C=O) groups is 1. The van der Waals surface area contributed by atoms with Crippen molar-refractivity contribution in [2.75, 3.05) is 0 Å². The first-order valence-corrected chi connectivity index (χ1v) is 6.28. The Bertz CT molecular complexity index is 868. The van der Waals surface area contributed by atoms with Gasteiger partial charge in [-0.15, -0.1) is 0 Å². The number of hydrogen-bond acceptors (Lipinski definition) is 4. The van der Waals surface area contributed by atoms with Gasteiger partial charge >= 0.3 is 5.91 Å². The van der Waals surface area contributed by atoms with Gasteiger partial charge in [-0.3, -0.25) is 14.8 Å². The highest BCUT2D eigenvalue weighted by atomic mass is 16.5. The zero-order valence-electron chi connectivity index (χ0n) is 10.9. The van der Waals surface area contributed by atoms with Gasteiger partial charge in [-0.25, -0.2) is 5.48 Å². The minimum Gasteiger partial charge on any atom is -0.450 e. The first-order valence-electron chi connectivity index (χ1n) is 6.28. The Morgan fingerprint density at radius 2 is 1.67 bits per heavy atom. The van der Waals surface area contributed by atoms with E-state index >= 15 is 0 Å². The molecule has 0 bridgehead atoms. The number of nitrogens with one attached hydrogen (secondary N) is 1. The summed E-state index contributed by atoms with van der Waals surface area (Å²) in [6.07, 6.45) is 0. The predicted octanol–water partition coefficient (Wildman–Crippen LogP) is 2.58. The van der Waals surface area contributed by atoms with E-state index in [1.54, 1.807) is 54.6 Å². The molecule has 3 aromatic rings. The maximum atomic E-state index is 12.6. The standard InChI is InChI=1S/C16H11NO4/c18-14-11-8-4-5-9-12(11)21-15(16(19)17-20)13(14)10-6-2-1-3-7-10/h1-9,20H,(H,17,19). The van der Waals surface area contributed by atoms with Crippen molar-refractivity contribution in [1.29, 1.82) is 0 Å². The highest BCUT2D eigenvalue weighted by Crippen LogP contribution is 2.24. The molecule has 0 atom stereocenters. The maximum Gasteiger partial charge on any atom is 0.311 e. The van der Waals surface area contributed by atoms with Crippen molar-refractivity contribution < 1.29 is 14.4 Å². The molecule has 0 aliphatic carbocycles. The van der Waals surface area contributed by atoms with E-state index < -0.39 is 5.91 Å². The second-order valence-corrected chi connectivity index (χ2v) is 4.44. The average molecular weight is 281 g/mol. The summed E-state index contributed by atoms with van der Waals surface area (Å²) in [5, 5.41) is 9.24. The fraction of sp³-hybridized carbons (Fsp3) is 0. The number of fused-ring (bicyclic) bond motifs is 1. The number of carbonyl (C=O) groups excluding carboxylic acids is 1. The van der Waals surface area contributed by atoms with E-state index in [2.05, 4.69) is 0 Å². The first kappa shape index (κ1) is 13.1. The minimum atomic E-state index is -0.864. The van der Waals surface area contributed by atoms with E-state index in [4.69, 9.17) is 9.62 Å². The van der Waals surface area contributed by atoms with E-state index in [-0.39, 0.29) is 16.8 Å². The molecule has 21 heavy (non-hydrogen) atoms. The number of hydroxylamine groups is 1. The molecule has 3 rings (SSSR count). The molecule has 2 N–H and O–H groups in total. The number of para-hydroxylation sites is 1. The van der Waals surface area contributed by atoms with Gasteiger partial charge in [0.1, 0.15) is 5.58 Å². The van der Waals surface area contributed by atoms with Crippen LogP contribution in [0.25, 0.3) is 22.1 Å². The number of rotatable bonds is 2. The third-order valence-electron chi connectivity index (χ3n) is 3.17. The Kier molecular flexibility index (Phi) is 3.25. The molecule has 1 heterocycles. The van der Waals surface area contributed by atoms with Crippen molar-refractivity contribution >= 4 is 16.9 Å². The summed E-state index contributed by atoms with van der Waals surface area (Å²) in [5.74, 6) is -1.08. The lowest BCUT2D eigenvalue weighted by Gasteiger charge is -2.08. The van der Waals surface area contributed by atoms with Crippen molar-refractivity contribution in [1.82, 2.24) is 5.48 Å². The molecule has 0 radical (unpaired) electrons. The fourth-order valence-corrected chi connectivity index (χ4v) is 2.22. The highest BCUT2D eigenvalue weighted by Gasteiger charge is 2.21. The summed E-state index contributed by atoms with van der Waals surface area (Å²) in [5.41, 5.74) is 2.16. The van der Waals surface area contributed by atoms with Gasteiger partial charge in [0.05, 0.1) is 10.9 Å². The second-order valence-electron chi connectivity index (χ2n) is 4.44. The van der Waals surface area contributed by atoms with E-state index in [0.29, 0.717) is 16.5 Å². The monoisotopic (exact) mass is 281 g/mol. The van der Waals surface area contributed by atoms with Gasteiger partial charge in [0.2, 0.25) is 11.2 Å². The molecule has 1 amide bonds. The quantitative estimate of drug-likeness (QED) is 0.559. The van der Waals surface area contributed by atoms with Gasteiger partial charge < -0.3 is 4.42 Å². The summed E-state index contributed by atoms with van der Waals surface area (Å²) in [4.78, 5) is 24.5. The number of hydrogen-bond donors (Lipinski definition) is 2. The van der Waals surface area contributed by atoms with Gasteiger partial charge in [-0.1, -0.05) is 42.5 Å². The van der Waals surface area contributed by atoms with Gasteiger partial charge in [0, 0.05) is 0 Å². The zero-order valence-corrected chi connectivity index (χ0v) is 10.9. The Morgan fingerprint density at radius 1 is 1.00 bits per heavy atom. The van der Waals surface area contributed by atoms with Gasteiger partial charge in [-0.05, 0) is 17.7 Å². The summed E-state index contributed by atoms with van der Waals surface area (Å²) in [6.45, 7) is 0. The second kappa shape index (κ2) is 5.22. The predicted molar refractivity (Wildman–Crippen MR) is 77.2 cm³/mol. The molecule has 0 spiro atoms. The van der Waals surface area contributed by atoms with Gasteiger partial charge in [-0.2, -0.15) is 0 Å². The Morgan fingerprint density at radius 3 is 2.38 bits per heavy atom. The lowest BCUT2D eigenvalue weighted by molar-refractivity contribution is 0.0678. The zero-order chi connectivity index (χ0) is 14.8. The van der Waals surface area contributed by atoms with Crippen LogP contribution in [0.5, 0.6) is 0 Å². The van der Waals surface area contributed by atoms with Crippen LogP contribution in [0.1, 0.15) is 10.6 Å². The lowest BCUT2D eigenvalue weighted by Crippen LogP contribution is -2.22. The molecular formula is C16H11NO4. The van der Waals surface area contributed by atoms with Crippen molar-refractivity contribution in [2.24, 2.45) is 0 Å². The molecular weight excluding hydrogens is 270 g/mol. The van der Waals surface area contributed by atoms with Crippen LogP contribution >= 0.6 is 0 Å². The highest BCUT2D eigenvalue weighted by molar-refractivity contribution is 5.99. The molecule has 0 unspecified atom stereocenters.